The van der Waals surface area contributed by atoms with E-state index in [4.69, 9.17) is 0 Å². The summed E-state index contributed by atoms with van der Waals surface area (Å²) in [6.07, 6.45) is 0. The highest BCUT2D eigenvalue weighted by Crippen LogP contribution is 2.47. The molecule has 53 heavy (non-hydrogen) atoms. The van der Waals surface area contributed by atoms with E-state index < -0.39 is 70.3 Å². The van der Waals surface area contributed by atoms with Crippen LogP contribution in [-0.2, 0) is 31.0 Å². The van der Waals surface area contributed by atoms with Gasteiger partial charge in [-0.15, -0.1) is 20.5 Å². The number of benzene rings is 5. The quantitative estimate of drug-likeness (QED) is 0.0532. The molecule has 0 aliphatic rings. The third-order valence-electron chi connectivity index (χ3n) is 7.27. The van der Waals surface area contributed by atoms with Crippen molar-refractivity contribution in [2.45, 2.75) is 9.79 Å². The number of sulfone groups is 1. The van der Waals surface area contributed by atoms with E-state index >= 15 is 0 Å². The Balaban J connectivity index is 1.55. The molecule has 1 atom stereocenters. The van der Waals surface area contributed by atoms with Crippen molar-refractivity contribution in [1.82, 2.24) is 0 Å². The minimum absolute atomic E-state index is 0.00980. The maximum Gasteiger partial charge on any atom is 0.338 e. The van der Waals surface area contributed by atoms with Crippen LogP contribution < -0.4 is 0 Å². The maximum atomic E-state index is 12.0. The number of nitrogens with zero attached hydrogens (tertiary/aromatic N) is 6. The van der Waals surface area contributed by atoms with Gasteiger partial charge in [-0.2, -0.15) is 18.6 Å². The van der Waals surface area contributed by atoms with E-state index in [-0.39, 0.29) is 48.9 Å². The zero-order valence-corrected chi connectivity index (χ0v) is 29.1. The lowest BCUT2D eigenvalue weighted by atomic mass is 10.1. The van der Waals surface area contributed by atoms with Crippen LogP contribution in [0.3, 0.4) is 0 Å². The number of hydrogen-bond acceptors (Lipinski definition) is 15. The summed E-state index contributed by atoms with van der Waals surface area (Å²) in [5.41, 5.74) is -1.15. The molecule has 0 heterocycles. The van der Waals surface area contributed by atoms with Gasteiger partial charge in [0.2, 0.25) is 0 Å². The number of phenolic OH excluding ortho intramolecular Hbond substituents is 2. The number of aromatic hydroxyl groups is 2. The van der Waals surface area contributed by atoms with Crippen molar-refractivity contribution in [3.8, 4) is 11.5 Å². The van der Waals surface area contributed by atoms with Crippen molar-refractivity contribution in [2.75, 3.05) is 0 Å². The summed E-state index contributed by atoms with van der Waals surface area (Å²) < 4.78 is 80.0. The zero-order chi connectivity index (χ0) is 38.7. The Kier molecular flexibility index (Phi) is 10.8. The Morgan fingerprint density at radius 3 is 1.81 bits per heavy atom. The first-order valence-electron chi connectivity index (χ1n) is 14.5. The maximum absolute atomic E-state index is 12.0. The van der Waals surface area contributed by atoms with Gasteiger partial charge < -0.3 is 19.9 Å². The number of fused-ring (bicyclic) bond motifs is 1. The van der Waals surface area contributed by atoms with Crippen LogP contribution in [0.1, 0.15) is 15.9 Å². The molecule has 0 aromatic heterocycles. The second-order valence-electron chi connectivity index (χ2n) is 10.6. The van der Waals surface area contributed by atoms with Crippen molar-refractivity contribution in [1.29, 1.82) is 0 Å². The number of carboxylic acid groups (broad SMARTS) is 1. The first kappa shape index (κ1) is 37.9. The highest BCUT2D eigenvalue weighted by Gasteiger charge is 2.22. The fraction of sp³-hybridized carbons (Fsp3) is 0. The third kappa shape index (κ3) is 8.43. The Bertz CT molecular complexity index is 2660. The van der Waals surface area contributed by atoms with Crippen molar-refractivity contribution < 1.29 is 50.3 Å². The molecule has 0 radical (unpaired) electrons. The second-order valence-corrected chi connectivity index (χ2v) is 14.9. The summed E-state index contributed by atoms with van der Waals surface area (Å²) >= 11 is -2.56. The van der Waals surface area contributed by atoms with Crippen LogP contribution >= 0.6 is 0 Å². The number of aromatic carboxylic acids is 1. The van der Waals surface area contributed by atoms with Gasteiger partial charge in [0.1, 0.15) is 11.4 Å². The minimum atomic E-state index is -4.71. The molecule has 0 fully saturated rings. The molecule has 270 valence electrons. The highest BCUT2D eigenvalue weighted by atomic mass is 32.2. The lowest BCUT2D eigenvalue weighted by molar-refractivity contribution is 0.0696. The molecule has 5 aromatic carbocycles. The molecule has 20 heteroatoms. The number of carbonyl (C=O) groups is 1. The van der Waals surface area contributed by atoms with Gasteiger partial charge in [0, 0.05) is 21.1 Å². The average Bonchev–Trinajstić information content (AvgIpc) is 3.13. The molecule has 0 saturated heterocycles. The van der Waals surface area contributed by atoms with Crippen molar-refractivity contribution in [3.63, 3.8) is 0 Å². The fourth-order valence-corrected chi connectivity index (χ4v) is 6.10. The van der Waals surface area contributed by atoms with Crippen LogP contribution in [0.15, 0.2) is 144 Å². The summed E-state index contributed by atoms with van der Waals surface area (Å²) in [4.78, 5) is 11.2. The monoisotopic (exact) mass is 775 g/mol. The molecular formula is C33H23N6O11S3-. The third-order valence-corrected chi connectivity index (χ3v) is 10.1. The predicted octanol–water partition coefficient (Wildman–Crippen LogP) is 8.21. The summed E-state index contributed by atoms with van der Waals surface area (Å²) in [6.45, 7) is 6.72. The summed E-state index contributed by atoms with van der Waals surface area (Å²) in [5, 5.41) is 56.3. The molecule has 17 nitrogen and oxygen atoms in total. The molecule has 0 amide bonds. The van der Waals surface area contributed by atoms with Crippen LogP contribution in [0, 0.1) is 0 Å². The standard InChI is InChI=1S/C33H24N6O11S3/c1-3-52(46,47)22-10-8-21(9-11-22)34-36-27-14-15-28(25-16-23(53(48,49)50)12-13-24(25)27)37-39-31-29(40)17-26(33(42)43)30(32(31)41)38-35-20-6-4-19(5-7-20)18(2)51(44)45/h3-17,40-41H,1-2H2,(H,42,43)(H,44,45)(H,48,49,50)/p-1. The van der Waals surface area contributed by atoms with Gasteiger partial charge in [-0.25, -0.2) is 13.2 Å². The zero-order valence-electron chi connectivity index (χ0n) is 26.6. The van der Waals surface area contributed by atoms with Crippen LogP contribution in [-0.4, -0.2) is 51.4 Å². The molecule has 5 aromatic rings. The van der Waals surface area contributed by atoms with E-state index in [1.807, 2.05) is 0 Å². The highest BCUT2D eigenvalue weighted by molar-refractivity contribution is 7.94. The molecule has 0 aliphatic heterocycles. The molecular weight excluding hydrogens is 753 g/mol. The van der Waals surface area contributed by atoms with E-state index in [0.717, 1.165) is 23.6 Å². The van der Waals surface area contributed by atoms with Crippen molar-refractivity contribution >= 4 is 86.8 Å². The number of azo groups is 3. The summed E-state index contributed by atoms with van der Waals surface area (Å²) in [7, 11) is -8.38. The number of carboxylic acids is 1. The van der Waals surface area contributed by atoms with Crippen molar-refractivity contribution in [3.05, 3.63) is 115 Å². The van der Waals surface area contributed by atoms with E-state index in [1.54, 1.807) is 0 Å². The van der Waals surface area contributed by atoms with E-state index in [2.05, 4.69) is 43.8 Å². The second kappa shape index (κ2) is 15.1. The Labute approximate surface area is 302 Å². The lowest BCUT2D eigenvalue weighted by Gasteiger charge is -2.09. The average molecular weight is 776 g/mol. The number of hydrogen-bond donors (Lipinski definition) is 4. The van der Waals surface area contributed by atoms with Gasteiger partial charge in [0.25, 0.3) is 10.1 Å². The first-order chi connectivity index (χ1) is 25.0. The van der Waals surface area contributed by atoms with Gasteiger partial charge in [-0.3, -0.25) is 8.76 Å². The SMILES string of the molecule is C=CS(=O)(=O)c1ccc(N=Nc2ccc(N=Nc3c(O)cc(C(=O)O)c(N=Nc4ccc(C(=C)S(=O)[O-])cc4)c3O)c3cc(S(=O)(=O)O)ccc23)cc1. The smallest absolute Gasteiger partial charge is 0.338 e. The topological polar surface area (TPSA) is 281 Å². The van der Waals surface area contributed by atoms with Crippen LogP contribution in [0.4, 0.5) is 34.1 Å². The van der Waals surface area contributed by atoms with Crippen LogP contribution in [0.25, 0.3) is 15.7 Å². The number of rotatable bonds is 12. The Hall–Kier alpha value is -6.32. The van der Waals surface area contributed by atoms with Crippen LogP contribution in [0.2, 0.25) is 0 Å². The first-order valence-corrected chi connectivity index (χ1v) is 18.5. The molecule has 0 spiro atoms. The number of phenols is 2. The minimum Gasteiger partial charge on any atom is -0.768 e. The largest absolute Gasteiger partial charge is 0.768 e. The molecule has 5 rings (SSSR count). The Morgan fingerprint density at radius 2 is 1.25 bits per heavy atom. The van der Waals surface area contributed by atoms with Gasteiger partial charge in [0.05, 0.1) is 38.1 Å². The van der Waals surface area contributed by atoms with Gasteiger partial charge in [0.15, 0.2) is 21.3 Å². The van der Waals surface area contributed by atoms with Gasteiger partial charge in [-0.1, -0.05) is 31.4 Å². The van der Waals surface area contributed by atoms with Gasteiger partial charge in [-0.05, 0) is 83.4 Å². The van der Waals surface area contributed by atoms with Crippen molar-refractivity contribution in [2.24, 2.45) is 30.7 Å². The molecule has 0 aliphatic carbocycles. The van der Waals surface area contributed by atoms with Crippen LogP contribution in [0.5, 0.6) is 11.5 Å². The molecule has 0 bridgehead atoms. The Morgan fingerprint density at radius 1 is 0.717 bits per heavy atom. The normalized spacial score (nSPS) is 12.9. The summed E-state index contributed by atoms with van der Waals surface area (Å²) in [6, 6.07) is 17.9. The molecule has 0 saturated carbocycles. The fourth-order valence-electron chi connectivity index (χ4n) is 4.56. The summed E-state index contributed by atoms with van der Waals surface area (Å²) in [5.74, 6) is -3.36. The molecule has 4 N–H and O–H groups in total. The van der Waals surface area contributed by atoms with E-state index in [0.29, 0.717) is 0 Å². The van der Waals surface area contributed by atoms with E-state index in [9.17, 15) is 50.3 Å². The molecule has 1 unspecified atom stereocenters. The van der Waals surface area contributed by atoms with E-state index in [1.165, 1.54) is 66.7 Å². The van der Waals surface area contributed by atoms with Gasteiger partial charge >= 0.3 is 5.97 Å². The lowest BCUT2D eigenvalue weighted by Crippen LogP contribution is -1.97. The predicted molar refractivity (Wildman–Crippen MR) is 191 cm³/mol.